The van der Waals surface area contributed by atoms with Crippen LogP contribution in [0.25, 0.3) is 100.0 Å². The molecular formula is C63H41N5OSi. The van der Waals surface area contributed by atoms with Gasteiger partial charge in [-0.15, -0.1) is 0 Å². The van der Waals surface area contributed by atoms with Crippen molar-refractivity contribution in [3.63, 3.8) is 0 Å². The summed E-state index contributed by atoms with van der Waals surface area (Å²) >= 11 is 0. The predicted molar refractivity (Wildman–Crippen MR) is 290 cm³/mol. The number of furan rings is 1. The highest BCUT2D eigenvalue weighted by Gasteiger charge is 2.41. The lowest BCUT2D eigenvalue weighted by Crippen LogP contribution is -2.74. The first-order valence-electron chi connectivity index (χ1n) is 38.7. The van der Waals surface area contributed by atoms with Gasteiger partial charge in [0.25, 0.3) is 0 Å². The largest absolute Gasteiger partial charge is 0.456 e. The maximum absolute atomic E-state index is 10.8. The first kappa shape index (κ1) is 18.0. The lowest BCUT2D eigenvalue weighted by atomic mass is 10.1. The molecule has 7 heteroatoms. The molecule has 0 unspecified atom stereocenters. The summed E-state index contributed by atoms with van der Waals surface area (Å²) in [5.41, 5.74) is -5.56. The van der Waals surface area contributed by atoms with Crippen LogP contribution in [0, 0.1) is 0 Å². The second-order valence-corrected chi connectivity index (χ2v) is 18.7. The lowest BCUT2D eigenvalue weighted by molar-refractivity contribution is 0.669. The van der Waals surface area contributed by atoms with E-state index in [9.17, 15) is 28.8 Å². The Morgan fingerprint density at radius 1 is 0.400 bits per heavy atom. The van der Waals surface area contributed by atoms with E-state index in [4.69, 9.17) is 39.9 Å². The molecule has 0 N–H and O–H groups in total. The normalized spacial score (nSPS) is 19.2. The summed E-state index contributed by atoms with van der Waals surface area (Å²) in [4.78, 5) is 14.4. The third-order valence-electron chi connectivity index (χ3n) is 11.6. The topological polar surface area (TPSA) is 61.7 Å². The number of aromatic nitrogens is 5. The van der Waals surface area contributed by atoms with Gasteiger partial charge < -0.3 is 8.98 Å². The molecule has 0 bridgehead atoms. The lowest BCUT2D eigenvalue weighted by Gasteiger charge is -2.34. The molecule has 70 heavy (non-hydrogen) atoms. The number of hydrogen-bond donors (Lipinski definition) is 0. The molecular weight excluding hydrogens is 871 g/mol. The van der Waals surface area contributed by atoms with E-state index in [2.05, 4.69) is 0 Å². The Hall–Kier alpha value is -9.17. The van der Waals surface area contributed by atoms with E-state index in [-0.39, 0.29) is 27.5 Å². The van der Waals surface area contributed by atoms with Crippen molar-refractivity contribution < 1.29 is 53.8 Å². The highest BCUT2D eigenvalue weighted by Crippen LogP contribution is 2.41. The summed E-state index contributed by atoms with van der Waals surface area (Å²) in [6, 6.07) is -33.6. The van der Waals surface area contributed by atoms with Gasteiger partial charge in [0.2, 0.25) is 5.95 Å². The number of fused-ring (bicyclic) bond motifs is 10. The minimum atomic E-state index is -6.67. The van der Waals surface area contributed by atoms with E-state index >= 15 is 0 Å². The van der Waals surface area contributed by atoms with Crippen LogP contribution in [0.2, 0.25) is 0 Å². The smallest absolute Gasteiger partial charge is 0.238 e. The molecule has 6 nitrogen and oxygen atoms in total. The first-order valence-corrected chi connectivity index (χ1v) is 22.7. The fourth-order valence-corrected chi connectivity index (χ4v) is 12.3. The molecule has 0 amide bonds. The average molecular weight is 948 g/mol. The molecule has 10 aromatic carbocycles. The van der Waals surface area contributed by atoms with Crippen molar-refractivity contribution in [2.45, 2.75) is 0 Å². The van der Waals surface area contributed by atoms with Crippen LogP contribution in [0.3, 0.4) is 0 Å². The van der Waals surface area contributed by atoms with E-state index < -0.39 is 319 Å². The molecule has 0 aliphatic carbocycles. The van der Waals surface area contributed by atoms with Crippen LogP contribution in [0.5, 0.6) is 0 Å². The Morgan fingerprint density at radius 3 is 1.60 bits per heavy atom. The number of rotatable bonds is 8. The molecule has 14 rings (SSSR count). The second kappa shape index (κ2) is 16.0. The van der Waals surface area contributed by atoms with Crippen molar-refractivity contribution >= 4 is 94.4 Å². The average Bonchev–Trinajstić information content (AvgIpc) is 0.841. The van der Waals surface area contributed by atoms with E-state index in [0.717, 1.165) is 15.2 Å². The number of benzene rings is 10. The van der Waals surface area contributed by atoms with E-state index in [1.54, 1.807) is 6.07 Å². The van der Waals surface area contributed by atoms with Crippen LogP contribution >= 0.6 is 0 Å². The van der Waals surface area contributed by atoms with Gasteiger partial charge in [0.1, 0.15) is 11.2 Å². The highest BCUT2D eigenvalue weighted by atomic mass is 28.3. The van der Waals surface area contributed by atoms with Gasteiger partial charge in [-0.3, -0.25) is 4.57 Å². The third-order valence-corrected chi connectivity index (χ3v) is 15.6. The molecule has 0 fully saturated rings. The Kier molecular flexibility index (Phi) is 4.12. The zero-order valence-corrected chi connectivity index (χ0v) is 36.0. The maximum atomic E-state index is 10.8. The van der Waals surface area contributed by atoms with Gasteiger partial charge in [-0.05, 0) is 69.1 Å². The van der Waals surface area contributed by atoms with Gasteiger partial charge in [0.15, 0.2) is 19.7 Å². The summed E-state index contributed by atoms with van der Waals surface area (Å²) in [7, 11) is -6.67. The summed E-state index contributed by atoms with van der Waals surface area (Å²) in [5, 5.41) is -7.15. The summed E-state index contributed by atoms with van der Waals surface area (Å²) in [5.74, 6) is -3.22. The van der Waals surface area contributed by atoms with Crippen LogP contribution in [-0.4, -0.2) is 32.2 Å². The molecule has 0 aliphatic heterocycles. The van der Waals surface area contributed by atoms with Crippen LogP contribution in [0.4, 0.5) is 0 Å². The van der Waals surface area contributed by atoms with E-state index in [0.29, 0.717) is 0 Å². The van der Waals surface area contributed by atoms with E-state index in [1.165, 1.54) is 18.2 Å². The molecule has 0 radical (unpaired) electrons. The number of nitrogens with zero attached hydrogens (tertiary/aromatic N) is 5. The zero-order valence-electron chi connectivity index (χ0n) is 71.0. The Bertz CT molecular complexity index is 6180. The predicted octanol–water partition coefficient (Wildman–Crippen LogP) is 12.7. The van der Waals surface area contributed by atoms with Crippen molar-refractivity contribution in [2.24, 2.45) is 0 Å². The molecule has 0 saturated carbocycles. The van der Waals surface area contributed by atoms with Crippen molar-refractivity contribution in [3.8, 4) is 34.4 Å². The summed E-state index contributed by atoms with van der Waals surface area (Å²) in [6.45, 7) is 0. The first-order chi connectivity index (χ1) is 49.7. The maximum Gasteiger partial charge on any atom is 0.238 e. The molecule has 14 aromatic rings. The summed E-state index contributed by atoms with van der Waals surface area (Å²) < 4.78 is 346. The van der Waals surface area contributed by atoms with Gasteiger partial charge in [-0.1, -0.05) is 199 Å². The standard InChI is InChI=1S/C63H41N5OSi/c1-4-22-43(23-5-1)70(44-24-6-2-7-25-44,45-26-8-3-9-27-45)46-28-20-21-42(41-46)61-64-62(51-32-13-18-37-56(51)67-53-34-15-10-29-47(53)48-30-11-16-35-54(48)67)66-63(65-61)68-55-36-17-12-31-49(55)50-39-40-58-59(60(50)68)52-33-14-19-38-57(52)69-58/h1-41H/i1D,2D,3D,4D,5D,6D,7D,8D,9D,10D,11D,12D,13D,15D,16D,17D,18D,20D,21D,22D,23D,24D,25D,26D,27D,28D,29D,30D,31D,34D,35D,36D,37D,39D,40D,41D. The van der Waals surface area contributed by atoms with Crippen LogP contribution in [0.15, 0.2) is 252 Å². The Morgan fingerprint density at radius 2 is 0.943 bits per heavy atom. The fourth-order valence-electron chi connectivity index (χ4n) is 8.78. The van der Waals surface area contributed by atoms with Gasteiger partial charge in [-0.25, -0.2) is 4.98 Å². The van der Waals surface area contributed by atoms with Gasteiger partial charge in [0, 0.05) is 38.1 Å². The third kappa shape index (κ3) is 6.02. The molecule has 328 valence electrons. The molecule has 4 heterocycles. The minimum Gasteiger partial charge on any atom is -0.456 e. The van der Waals surface area contributed by atoms with Crippen LogP contribution < -0.4 is 20.7 Å². The van der Waals surface area contributed by atoms with Gasteiger partial charge in [-0.2, -0.15) is 9.97 Å². The molecule has 4 aromatic heterocycles. The minimum absolute atomic E-state index is 0.0492. The fraction of sp³-hybridized carbons (Fsp3) is 0. The van der Waals surface area contributed by atoms with E-state index in [1.807, 2.05) is 0 Å². The van der Waals surface area contributed by atoms with Crippen molar-refractivity contribution in [2.75, 3.05) is 0 Å². The Balaban J connectivity index is 1.29. The molecule has 0 saturated heterocycles. The number of para-hydroxylation sites is 5. The second-order valence-electron chi connectivity index (χ2n) is 15.2. The van der Waals surface area contributed by atoms with Gasteiger partial charge >= 0.3 is 0 Å². The van der Waals surface area contributed by atoms with Crippen molar-refractivity contribution in [1.29, 1.82) is 0 Å². The quantitative estimate of drug-likeness (QED) is 0.112. The number of hydrogen-bond acceptors (Lipinski definition) is 4. The van der Waals surface area contributed by atoms with Gasteiger partial charge in [0.05, 0.1) is 82.5 Å². The summed E-state index contributed by atoms with van der Waals surface area (Å²) in [6.07, 6.45) is 0. The molecule has 0 atom stereocenters. The monoisotopic (exact) mass is 948 g/mol. The van der Waals surface area contributed by atoms with Crippen molar-refractivity contribution in [3.05, 3.63) is 248 Å². The SMILES string of the molecule is [2H]c1cc(-c2nc(-c3c([2H])c([2H])c([2H])c([Si](c4c([2H])c([2H])c([2H])c([2H])c4[2H])(c4c([2H])c([2H])c([2H])c([2H])c4[2H])c4c([2H])c([2H])c([2H])c([2H])c4[2H])c3[2H])nc(-n3c4c([2H])c([2H])c([2H])c([2H])c4c4c([2H])c([2H])c5oc6ccccc6c5c43)n2)c(-n2c3c([2H])c([2H])c([2H])c([2H])c3c3c([2H])c([2H])c([2H])c([2H])c32)c([2H])c1[2H]. The molecule has 0 spiro atoms. The van der Waals surface area contributed by atoms with Crippen molar-refractivity contribution in [1.82, 2.24) is 24.1 Å². The van der Waals surface area contributed by atoms with Crippen LogP contribution in [-0.2, 0) is 0 Å². The Labute approximate surface area is 454 Å². The highest BCUT2D eigenvalue weighted by molar-refractivity contribution is 7.19. The zero-order chi connectivity index (χ0) is 77.5. The molecule has 0 aliphatic rings. The van der Waals surface area contributed by atoms with Crippen LogP contribution in [0.1, 0.15) is 49.3 Å².